The van der Waals surface area contributed by atoms with Crippen molar-refractivity contribution in [1.29, 1.82) is 0 Å². The van der Waals surface area contributed by atoms with Gasteiger partial charge >= 0.3 is 6.03 Å². The second-order valence-corrected chi connectivity index (χ2v) is 11.3. The van der Waals surface area contributed by atoms with Crippen LogP contribution in [-0.2, 0) is 19.0 Å². The molecule has 2 heterocycles. The van der Waals surface area contributed by atoms with Gasteiger partial charge in [-0.05, 0) is 30.8 Å². The Morgan fingerprint density at radius 2 is 1.62 bits per heavy atom. The Morgan fingerprint density at radius 3 is 2.22 bits per heavy atom. The van der Waals surface area contributed by atoms with Crippen LogP contribution in [0.5, 0.6) is 0 Å². The number of aliphatic hydroxyl groups is 5. The van der Waals surface area contributed by atoms with Gasteiger partial charge in [-0.3, -0.25) is 4.79 Å². The summed E-state index contributed by atoms with van der Waals surface area (Å²) in [6, 6.07) is -0.686. The molecule has 12 nitrogen and oxygen atoms in total. The molecular formula is C25H44N2O10. The average molecular weight is 533 g/mol. The zero-order chi connectivity index (χ0) is 28.1. The summed E-state index contributed by atoms with van der Waals surface area (Å²) < 4.78 is 17.1. The molecule has 37 heavy (non-hydrogen) atoms. The molecule has 2 amide bonds. The summed E-state index contributed by atoms with van der Waals surface area (Å²) >= 11 is 0. The summed E-state index contributed by atoms with van der Waals surface area (Å²) in [5, 5.41) is 56.3. The number of ketones is 1. The highest BCUT2D eigenvalue weighted by molar-refractivity contribution is 5.95. The first-order valence-corrected chi connectivity index (χ1v) is 12.7. The van der Waals surface area contributed by atoms with Gasteiger partial charge in [0.1, 0.15) is 42.7 Å². The Balaban J connectivity index is 1.86. The quantitative estimate of drug-likeness (QED) is 0.178. The molecule has 0 saturated carbocycles. The van der Waals surface area contributed by atoms with E-state index in [9.17, 15) is 35.1 Å². The average Bonchev–Trinajstić information content (AvgIpc) is 2.81. The molecule has 2 fully saturated rings. The van der Waals surface area contributed by atoms with Gasteiger partial charge in [0.2, 0.25) is 0 Å². The Labute approximate surface area is 218 Å². The van der Waals surface area contributed by atoms with Crippen LogP contribution in [0.15, 0.2) is 12.2 Å². The number of urea groups is 1. The van der Waals surface area contributed by atoms with Crippen LogP contribution in [0.25, 0.3) is 0 Å². The molecule has 0 bridgehead atoms. The molecule has 2 aliphatic rings. The van der Waals surface area contributed by atoms with E-state index >= 15 is 0 Å². The first-order chi connectivity index (χ1) is 17.1. The Hall–Kier alpha value is -1.64. The summed E-state index contributed by atoms with van der Waals surface area (Å²) in [6.07, 6.45) is -9.44. The van der Waals surface area contributed by atoms with Crippen LogP contribution in [0.2, 0.25) is 0 Å². The van der Waals surface area contributed by atoms with Gasteiger partial charge in [0.05, 0.1) is 18.8 Å². The lowest BCUT2D eigenvalue weighted by molar-refractivity contribution is -0.284. The molecular weight excluding hydrogens is 488 g/mol. The molecule has 0 spiro atoms. The van der Waals surface area contributed by atoms with Gasteiger partial charge in [-0.1, -0.05) is 34.3 Å². The SMILES string of the molecule is C=C(CC(C)(C)C)C(=O)CCNC(=O)NC1OCC(OC(C)(CC)C2OCC(O)C(O)C2O)C(O)C1O. The third-order valence-corrected chi connectivity index (χ3v) is 6.76. The lowest BCUT2D eigenvalue weighted by Gasteiger charge is -2.48. The van der Waals surface area contributed by atoms with Gasteiger partial charge in [-0.2, -0.15) is 0 Å². The Kier molecular flexibility index (Phi) is 11.0. The summed E-state index contributed by atoms with van der Waals surface area (Å²) in [5.41, 5.74) is -0.780. The molecule has 7 N–H and O–H groups in total. The van der Waals surface area contributed by atoms with Gasteiger partial charge in [0, 0.05) is 13.0 Å². The minimum atomic E-state index is -1.54. The number of ether oxygens (including phenoxy) is 3. The van der Waals surface area contributed by atoms with E-state index in [2.05, 4.69) is 17.2 Å². The van der Waals surface area contributed by atoms with Crippen molar-refractivity contribution in [2.45, 2.75) is 108 Å². The predicted molar refractivity (Wildman–Crippen MR) is 132 cm³/mol. The molecule has 0 aromatic rings. The van der Waals surface area contributed by atoms with E-state index in [0.29, 0.717) is 18.4 Å². The number of hydrogen-bond donors (Lipinski definition) is 7. The third kappa shape index (κ3) is 8.42. The van der Waals surface area contributed by atoms with Crippen LogP contribution in [0.3, 0.4) is 0 Å². The molecule has 0 aliphatic carbocycles. The van der Waals surface area contributed by atoms with E-state index in [1.807, 2.05) is 20.8 Å². The van der Waals surface area contributed by atoms with Crippen molar-refractivity contribution in [3.05, 3.63) is 12.2 Å². The van der Waals surface area contributed by atoms with Crippen molar-refractivity contribution in [3.8, 4) is 0 Å². The van der Waals surface area contributed by atoms with E-state index in [1.54, 1.807) is 13.8 Å². The number of hydrogen-bond acceptors (Lipinski definition) is 10. The van der Waals surface area contributed by atoms with E-state index in [4.69, 9.17) is 14.2 Å². The highest BCUT2D eigenvalue weighted by Crippen LogP contribution is 2.33. The molecule has 9 unspecified atom stereocenters. The topological polar surface area (TPSA) is 187 Å². The van der Waals surface area contributed by atoms with Crippen LogP contribution in [0.1, 0.15) is 53.9 Å². The summed E-state index contributed by atoms with van der Waals surface area (Å²) in [6.45, 7) is 12.9. The lowest BCUT2D eigenvalue weighted by atomic mass is 9.85. The number of rotatable bonds is 10. The van der Waals surface area contributed by atoms with Crippen molar-refractivity contribution < 1.29 is 49.3 Å². The molecule has 12 heteroatoms. The summed E-state index contributed by atoms with van der Waals surface area (Å²) in [4.78, 5) is 24.4. The maximum Gasteiger partial charge on any atom is 0.316 e. The second kappa shape index (κ2) is 12.9. The molecule has 0 radical (unpaired) electrons. The zero-order valence-corrected chi connectivity index (χ0v) is 22.3. The summed E-state index contributed by atoms with van der Waals surface area (Å²) in [5.74, 6) is -0.146. The van der Waals surface area contributed by atoms with Gasteiger partial charge in [-0.15, -0.1) is 0 Å². The molecule has 2 rings (SSSR count). The highest BCUT2D eigenvalue weighted by atomic mass is 16.6. The number of aliphatic hydroxyl groups excluding tert-OH is 5. The third-order valence-electron chi connectivity index (χ3n) is 6.76. The number of Topliss-reactive ketones (excluding diaryl/α,β-unsaturated/α-hetero) is 1. The molecule has 2 aliphatic heterocycles. The van der Waals surface area contributed by atoms with Crippen LogP contribution < -0.4 is 10.6 Å². The van der Waals surface area contributed by atoms with Gasteiger partial charge in [-0.25, -0.2) is 4.79 Å². The fourth-order valence-electron chi connectivity index (χ4n) is 4.45. The maximum absolute atomic E-state index is 12.3. The second-order valence-electron chi connectivity index (χ2n) is 11.3. The minimum Gasteiger partial charge on any atom is -0.388 e. The standard InChI is InChI=1S/C25H44N2O10/c1-7-25(6,21-19(32)17(30)15(29)11-35-21)37-16-12-36-22(20(33)18(16)31)27-23(34)26-9-8-14(28)13(2)10-24(3,4)5/h15-22,29-33H,2,7-12H2,1,3-6H3,(H2,26,27,34). The van der Waals surface area contributed by atoms with Gasteiger partial charge < -0.3 is 50.4 Å². The fourth-order valence-corrected chi connectivity index (χ4v) is 4.45. The predicted octanol–water partition coefficient (Wildman–Crippen LogP) is -0.649. The van der Waals surface area contributed by atoms with E-state index < -0.39 is 60.6 Å². The van der Waals surface area contributed by atoms with Crippen molar-refractivity contribution in [3.63, 3.8) is 0 Å². The first kappa shape index (κ1) is 31.6. The molecule has 9 atom stereocenters. The number of carbonyl (C=O) groups is 2. The van der Waals surface area contributed by atoms with E-state index in [1.165, 1.54) is 0 Å². The molecule has 0 aromatic heterocycles. The summed E-state index contributed by atoms with van der Waals surface area (Å²) in [7, 11) is 0. The van der Waals surface area contributed by atoms with Crippen molar-refractivity contribution in [2.75, 3.05) is 19.8 Å². The van der Waals surface area contributed by atoms with E-state index in [-0.39, 0.29) is 37.4 Å². The lowest BCUT2D eigenvalue weighted by Crippen LogP contribution is -2.65. The zero-order valence-electron chi connectivity index (χ0n) is 22.3. The van der Waals surface area contributed by atoms with Crippen LogP contribution in [-0.4, -0.2) is 112 Å². The first-order valence-electron chi connectivity index (χ1n) is 12.7. The Morgan fingerprint density at radius 1 is 0.973 bits per heavy atom. The van der Waals surface area contributed by atoms with Crippen LogP contribution in [0.4, 0.5) is 4.79 Å². The van der Waals surface area contributed by atoms with Crippen LogP contribution in [0, 0.1) is 5.41 Å². The van der Waals surface area contributed by atoms with E-state index in [0.717, 1.165) is 0 Å². The maximum atomic E-state index is 12.3. The molecule has 2 saturated heterocycles. The van der Waals surface area contributed by atoms with Crippen LogP contribution >= 0.6 is 0 Å². The number of carbonyl (C=O) groups excluding carboxylic acids is 2. The smallest absolute Gasteiger partial charge is 0.316 e. The minimum absolute atomic E-state index is 0.0596. The van der Waals surface area contributed by atoms with Crippen molar-refractivity contribution >= 4 is 11.8 Å². The molecule has 214 valence electrons. The normalized spacial score (nSPS) is 34.3. The largest absolute Gasteiger partial charge is 0.388 e. The fraction of sp³-hybridized carbons (Fsp3) is 0.840. The number of nitrogens with one attached hydrogen (secondary N) is 2. The van der Waals surface area contributed by atoms with Gasteiger partial charge in [0.25, 0.3) is 0 Å². The van der Waals surface area contributed by atoms with Crippen molar-refractivity contribution in [1.82, 2.24) is 10.6 Å². The monoisotopic (exact) mass is 532 g/mol. The Bertz CT molecular complexity index is 803. The number of allylic oxidation sites excluding steroid dienone is 1. The highest BCUT2D eigenvalue weighted by Gasteiger charge is 2.50. The molecule has 0 aromatic carbocycles. The number of amides is 2. The van der Waals surface area contributed by atoms with Gasteiger partial charge in [0.15, 0.2) is 12.0 Å². The van der Waals surface area contributed by atoms with Crippen molar-refractivity contribution in [2.24, 2.45) is 5.41 Å².